The summed E-state index contributed by atoms with van der Waals surface area (Å²) in [6.45, 7) is 0. The minimum absolute atomic E-state index is 0.132. The van der Waals surface area contributed by atoms with Gasteiger partial charge >= 0.3 is 0 Å². The Balaban J connectivity index is 1.42. The van der Waals surface area contributed by atoms with Gasteiger partial charge < -0.3 is 4.90 Å². The van der Waals surface area contributed by atoms with Crippen LogP contribution in [0.1, 0.15) is 23.3 Å². The highest BCUT2D eigenvalue weighted by Gasteiger charge is 2.17. The zero-order valence-corrected chi connectivity index (χ0v) is 26.8. The zero-order chi connectivity index (χ0) is 48.8. The number of nitrogens with zero attached hydrogens (tertiary/aromatic N) is 1. The molecule has 0 aliphatic heterocycles. The molecule has 0 bridgehead atoms. The van der Waals surface area contributed by atoms with Crippen molar-refractivity contribution in [1.82, 2.24) is 0 Å². The highest BCUT2D eigenvalue weighted by atomic mass is 15.1. The summed E-state index contributed by atoms with van der Waals surface area (Å²) in [4.78, 5) is 0.727. The number of benzene rings is 9. The van der Waals surface area contributed by atoms with Gasteiger partial charge in [-0.2, -0.15) is 0 Å². The van der Waals surface area contributed by atoms with E-state index in [2.05, 4.69) is 0 Å². The average Bonchev–Trinajstić information content (AvgIpc) is 3.34. The summed E-state index contributed by atoms with van der Waals surface area (Å²) in [5.74, 6) is 0. The summed E-state index contributed by atoms with van der Waals surface area (Å²) >= 11 is 0. The van der Waals surface area contributed by atoms with E-state index in [1.165, 1.54) is 0 Å². The normalized spacial score (nSPS) is 15.8. The van der Waals surface area contributed by atoms with Crippen LogP contribution in [0.3, 0.4) is 0 Å². The van der Waals surface area contributed by atoms with Gasteiger partial charge in [-0.25, -0.2) is 0 Å². The number of fused-ring (bicyclic) bond motifs is 2. The Bertz CT molecular complexity index is 3530. The van der Waals surface area contributed by atoms with E-state index in [-0.39, 0.29) is 16.7 Å². The highest BCUT2D eigenvalue weighted by molar-refractivity contribution is 6.04. The second-order valence-electron chi connectivity index (χ2n) is 11.6. The highest BCUT2D eigenvalue weighted by Crippen LogP contribution is 2.42. The Hall–Kier alpha value is -6.70. The van der Waals surface area contributed by atoms with Crippen LogP contribution in [-0.2, 0) is 0 Å². The summed E-state index contributed by atoms with van der Waals surface area (Å²) < 4.78 is 156. The first-order valence-corrected chi connectivity index (χ1v) is 16.1. The van der Waals surface area contributed by atoms with Gasteiger partial charge in [-0.05, 0) is 108 Å². The van der Waals surface area contributed by atoms with Gasteiger partial charge in [0.2, 0.25) is 0 Å². The molecule has 0 unspecified atom stereocenters. The third kappa shape index (κ3) is 5.96. The second kappa shape index (κ2) is 13.3. The van der Waals surface area contributed by atoms with Crippen molar-refractivity contribution >= 4 is 38.6 Å². The van der Waals surface area contributed by atoms with Gasteiger partial charge in [0.15, 0.2) is 0 Å². The van der Waals surface area contributed by atoms with Crippen LogP contribution in [0.15, 0.2) is 212 Å². The third-order valence-corrected chi connectivity index (χ3v) is 8.56. The molecule has 0 amide bonds. The van der Waals surface area contributed by atoms with E-state index in [0.717, 1.165) is 15.7 Å². The molecule has 1 heteroatoms. The summed E-state index contributed by atoms with van der Waals surface area (Å²) in [7, 11) is 0. The molecule has 0 saturated heterocycles. The smallest absolute Gasteiger partial charge is 0.0651 e. The molecular weight excluding hydrogens is 615 g/mol. The van der Waals surface area contributed by atoms with Gasteiger partial charge in [-0.1, -0.05) is 170 Å². The Morgan fingerprint density at radius 1 is 0.353 bits per heavy atom. The Labute approximate surface area is 323 Å². The van der Waals surface area contributed by atoms with Crippen LogP contribution in [0.25, 0.3) is 66.1 Å². The van der Waals surface area contributed by atoms with Crippen LogP contribution in [0.5, 0.6) is 0 Å². The predicted octanol–water partition coefficient (Wildman–Crippen LogP) is 14.1. The molecule has 0 heterocycles. The van der Waals surface area contributed by atoms with Crippen molar-refractivity contribution in [2.75, 3.05) is 4.90 Å². The van der Waals surface area contributed by atoms with Crippen molar-refractivity contribution in [2.24, 2.45) is 0 Å². The molecule has 0 aliphatic carbocycles. The fraction of sp³-hybridized carbons (Fsp3) is 0. The van der Waals surface area contributed by atoms with Crippen LogP contribution in [-0.4, -0.2) is 0 Å². The molecule has 0 saturated carbocycles. The topological polar surface area (TPSA) is 3.24 Å². The first-order chi connectivity index (χ1) is 32.4. The summed E-state index contributed by atoms with van der Waals surface area (Å²) in [5, 5.41) is 2.83. The fourth-order valence-corrected chi connectivity index (χ4v) is 6.13. The van der Waals surface area contributed by atoms with Gasteiger partial charge in [0, 0.05) is 17.1 Å². The molecule has 1 nitrogen and oxygen atoms in total. The predicted molar refractivity (Wildman–Crippen MR) is 218 cm³/mol. The van der Waals surface area contributed by atoms with Crippen molar-refractivity contribution < 1.29 is 23.3 Å². The van der Waals surface area contributed by atoms with E-state index >= 15 is 0 Å². The standard InChI is InChI=1S/C50H35N/c1-3-12-36(13-4-1)38-24-29-45(30-25-38)51(47-20-11-19-43(35-47)44-23-22-37-14-7-8-18-42(37)34-44)46-31-26-41(27-32-46)50-48-21-10-9-17-40(48)28-33-49(50)39-15-5-2-6-16-39/h1-35H/i1D,3D,4D,11D,12D,13D,19D,20D,24D,25D,26D,27D,29D,30D,31D,32D,35D. The number of hydrogen-bond acceptors (Lipinski definition) is 1. The summed E-state index contributed by atoms with van der Waals surface area (Å²) in [5.41, 5.74) is -1.96. The monoisotopic (exact) mass is 666 g/mol. The fourth-order valence-electron chi connectivity index (χ4n) is 6.13. The number of rotatable bonds is 7. The van der Waals surface area contributed by atoms with E-state index in [0.29, 0.717) is 27.5 Å². The van der Waals surface area contributed by atoms with Crippen molar-refractivity contribution in [1.29, 1.82) is 0 Å². The van der Waals surface area contributed by atoms with Gasteiger partial charge in [0.05, 0.1) is 23.3 Å². The number of hydrogen-bond donors (Lipinski definition) is 0. The van der Waals surface area contributed by atoms with E-state index in [4.69, 9.17) is 9.60 Å². The second-order valence-corrected chi connectivity index (χ2v) is 11.6. The lowest BCUT2D eigenvalue weighted by Gasteiger charge is -2.27. The average molecular weight is 667 g/mol. The Morgan fingerprint density at radius 2 is 0.961 bits per heavy atom. The molecule has 9 aromatic carbocycles. The van der Waals surface area contributed by atoms with Gasteiger partial charge in [-0.3, -0.25) is 0 Å². The lowest BCUT2D eigenvalue weighted by atomic mass is 9.89. The molecule has 0 atom stereocenters. The molecule has 0 spiro atoms. The summed E-state index contributed by atoms with van der Waals surface area (Å²) in [6.07, 6.45) is 0. The van der Waals surface area contributed by atoms with Crippen LogP contribution < -0.4 is 4.90 Å². The lowest BCUT2D eigenvalue weighted by molar-refractivity contribution is 1.28. The molecule has 9 rings (SSSR count). The molecule has 0 aromatic heterocycles. The van der Waals surface area contributed by atoms with Gasteiger partial charge in [0.25, 0.3) is 0 Å². The lowest BCUT2D eigenvalue weighted by Crippen LogP contribution is -2.10. The molecule has 51 heavy (non-hydrogen) atoms. The van der Waals surface area contributed by atoms with Crippen LogP contribution >= 0.6 is 0 Å². The van der Waals surface area contributed by atoms with E-state index in [1.807, 2.05) is 66.7 Å². The Kier molecular flexibility index (Phi) is 4.51. The van der Waals surface area contributed by atoms with Crippen LogP contribution in [0, 0.1) is 0 Å². The minimum Gasteiger partial charge on any atom is -0.310 e. The molecule has 240 valence electrons. The third-order valence-electron chi connectivity index (χ3n) is 8.56. The maximum atomic E-state index is 9.78. The molecule has 0 aliphatic rings. The first-order valence-electron chi connectivity index (χ1n) is 24.6. The quantitative estimate of drug-likeness (QED) is 0.164. The van der Waals surface area contributed by atoms with Crippen molar-refractivity contribution in [3.05, 3.63) is 212 Å². The first kappa shape index (κ1) is 17.3. The summed E-state index contributed by atoms with van der Waals surface area (Å²) in [6, 6.07) is 18.9. The maximum Gasteiger partial charge on any atom is 0.0651 e. The Morgan fingerprint density at radius 3 is 1.73 bits per heavy atom. The molecule has 9 aromatic rings. The van der Waals surface area contributed by atoms with Crippen molar-refractivity contribution in [3.63, 3.8) is 0 Å². The minimum atomic E-state index is -0.971. The maximum absolute atomic E-state index is 9.78. The van der Waals surface area contributed by atoms with Crippen molar-refractivity contribution in [2.45, 2.75) is 0 Å². The largest absolute Gasteiger partial charge is 0.310 e. The van der Waals surface area contributed by atoms with E-state index in [9.17, 15) is 13.7 Å². The molecule has 0 N–H and O–H groups in total. The SMILES string of the molecule is [2H]c1c([2H])c([2H])c(-c2c([2H])c([2H])c(N(c3c([2H])c([2H])c(-c4c(-c5ccccc5)ccc5ccccc45)c([2H])c3[2H])c3c([2H])c([2H])c([2H])c(-c4ccc5ccccc5c4)c3[2H])c([2H])c2[2H])c([2H])c1[2H]. The van der Waals surface area contributed by atoms with Crippen LogP contribution in [0.4, 0.5) is 17.1 Å². The van der Waals surface area contributed by atoms with Crippen LogP contribution in [0.2, 0.25) is 0 Å². The number of anilines is 3. The molecule has 0 fully saturated rings. The van der Waals surface area contributed by atoms with E-state index in [1.54, 1.807) is 42.5 Å². The van der Waals surface area contributed by atoms with Crippen molar-refractivity contribution in [3.8, 4) is 44.5 Å². The molecule has 0 radical (unpaired) electrons. The van der Waals surface area contributed by atoms with Gasteiger partial charge in [0.1, 0.15) is 0 Å². The van der Waals surface area contributed by atoms with E-state index < -0.39 is 131 Å². The van der Waals surface area contributed by atoms with Gasteiger partial charge in [-0.15, -0.1) is 0 Å². The zero-order valence-electron chi connectivity index (χ0n) is 43.8. The molecular formula is C50H35N.